The van der Waals surface area contributed by atoms with E-state index >= 15 is 0 Å². The summed E-state index contributed by atoms with van der Waals surface area (Å²) in [5.74, 6) is -3.47. The molecule has 0 radical (unpaired) electrons. The number of rotatable bonds is 5. The van der Waals surface area contributed by atoms with E-state index in [0.29, 0.717) is 16.1 Å². The van der Waals surface area contributed by atoms with Crippen LogP contribution in [-0.2, 0) is 12.1 Å². The molecule has 10 heteroatoms. The minimum absolute atomic E-state index is 0.158. The number of aryl methyl sites for hydroxylation is 1. The molecule has 0 spiro atoms. The molecule has 0 unspecified atom stereocenters. The Kier molecular flexibility index (Phi) is 5.64. The van der Waals surface area contributed by atoms with Gasteiger partial charge in [-0.2, -0.15) is 22.0 Å². The Labute approximate surface area is 183 Å². The van der Waals surface area contributed by atoms with Crippen molar-refractivity contribution in [2.24, 2.45) is 0 Å². The second kappa shape index (κ2) is 8.27. The van der Waals surface area contributed by atoms with Crippen molar-refractivity contribution in [1.29, 1.82) is 0 Å². The Balaban J connectivity index is 1.63. The van der Waals surface area contributed by atoms with Crippen LogP contribution in [0.3, 0.4) is 0 Å². The molecule has 0 aliphatic carbocycles. The Hall–Kier alpha value is -3.40. The molecule has 32 heavy (non-hydrogen) atoms. The summed E-state index contributed by atoms with van der Waals surface area (Å²) in [7, 11) is 0. The average molecular weight is 462 g/mol. The molecule has 0 saturated carbocycles. The van der Waals surface area contributed by atoms with Gasteiger partial charge >= 0.3 is 12.1 Å². The molecule has 164 valence electrons. The first-order valence-electron chi connectivity index (χ1n) is 9.32. The summed E-state index contributed by atoms with van der Waals surface area (Å²) in [5, 5.41) is 2.39. The molecule has 0 saturated heterocycles. The van der Waals surface area contributed by atoms with Crippen molar-refractivity contribution in [3.63, 3.8) is 0 Å². The smallest absolute Gasteiger partial charge is 0.324 e. The lowest BCUT2D eigenvalue weighted by Gasteiger charge is -2.13. The van der Waals surface area contributed by atoms with Crippen LogP contribution in [0.2, 0.25) is 0 Å². The molecule has 1 N–H and O–H groups in total. The van der Waals surface area contributed by atoms with Crippen LogP contribution < -0.4 is 5.32 Å². The maximum Gasteiger partial charge on any atom is 0.433 e. The summed E-state index contributed by atoms with van der Waals surface area (Å²) >= 11 is 0.848. The highest BCUT2D eigenvalue weighted by Crippen LogP contribution is 2.40. The van der Waals surface area contributed by atoms with E-state index in [2.05, 4.69) is 20.3 Å². The highest BCUT2D eigenvalue weighted by molar-refractivity contribution is 7.15. The third kappa shape index (κ3) is 4.59. The Morgan fingerprint density at radius 1 is 0.906 bits per heavy atom. The van der Waals surface area contributed by atoms with Gasteiger partial charge in [-0.3, -0.25) is 0 Å². The predicted octanol–water partition coefficient (Wildman–Crippen LogP) is 6.81. The van der Waals surface area contributed by atoms with E-state index in [-0.39, 0.29) is 16.5 Å². The summed E-state index contributed by atoms with van der Waals surface area (Å²) in [5.41, 5.74) is 0.547. The van der Waals surface area contributed by atoms with Crippen LogP contribution >= 0.6 is 11.3 Å². The van der Waals surface area contributed by atoms with Crippen LogP contribution in [0.15, 0.2) is 67.0 Å². The molecule has 0 bridgehead atoms. The summed E-state index contributed by atoms with van der Waals surface area (Å²) in [6.45, 7) is 1.78. The lowest BCUT2D eigenvalue weighted by molar-refractivity contribution is -0.141. The van der Waals surface area contributed by atoms with Crippen LogP contribution in [0.4, 0.5) is 33.6 Å². The van der Waals surface area contributed by atoms with Crippen LogP contribution in [0.5, 0.6) is 0 Å². The first-order valence-corrected chi connectivity index (χ1v) is 10.1. The second-order valence-corrected chi connectivity index (χ2v) is 7.98. The van der Waals surface area contributed by atoms with Gasteiger partial charge in [-0.1, -0.05) is 36.4 Å². The SMILES string of the molecule is Cc1cc(Nc2nccc(C(F)(F)F)n2)cc(-c2cnc(C(F)(F)c3ccccc3)s2)c1. The van der Waals surface area contributed by atoms with Crippen LogP contribution in [0.25, 0.3) is 10.4 Å². The van der Waals surface area contributed by atoms with E-state index in [1.165, 1.54) is 30.5 Å². The Morgan fingerprint density at radius 2 is 1.66 bits per heavy atom. The fourth-order valence-electron chi connectivity index (χ4n) is 3.03. The number of thiazole rings is 1. The largest absolute Gasteiger partial charge is 0.433 e. The van der Waals surface area contributed by atoms with Gasteiger partial charge in [-0.25, -0.2) is 15.0 Å². The second-order valence-electron chi connectivity index (χ2n) is 6.95. The number of aromatic nitrogens is 3. The van der Waals surface area contributed by atoms with Gasteiger partial charge in [0, 0.05) is 23.6 Å². The fourth-order valence-corrected chi connectivity index (χ4v) is 3.93. The van der Waals surface area contributed by atoms with Gasteiger partial charge in [-0.05, 0) is 36.2 Å². The topological polar surface area (TPSA) is 50.7 Å². The molecule has 0 aliphatic heterocycles. The summed E-state index contributed by atoms with van der Waals surface area (Å²) < 4.78 is 68.3. The number of hydrogen-bond acceptors (Lipinski definition) is 5. The monoisotopic (exact) mass is 462 g/mol. The first-order chi connectivity index (χ1) is 15.1. The van der Waals surface area contributed by atoms with Gasteiger partial charge in [-0.15, -0.1) is 11.3 Å². The molecule has 0 atom stereocenters. The molecular weight excluding hydrogens is 447 g/mol. The highest BCUT2D eigenvalue weighted by atomic mass is 32.1. The molecule has 2 heterocycles. The number of anilines is 2. The van der Waals surface area contributed by atoms with Gasteiger partial charge in [0.25, 0.3) is 0 Å². The molecule has 0 amide bonds. The lowest BCUT2D eigenvalue weighted by Crippen LogP contribution is -2.14. The van der Waals surface area contributed by atoms with Crippen molar-refractivity contribution in [3.05, 3.63) is 88.8 Å². The molecule has 4 rings (SSSR count). The molecule has 4 aromatic rings. The third-order valence-electron chi connectivity index (χ3n) is 4.47. The van der Waals surface area contributed by atoms with E-state index < -0.39 is 17.8 Å². The van der Waals surface area contributed by atoms with Crippen molar-refractivity contribution in [2.75, 3.05) is 5.32 Å². The van der Waals surface area contributed by atoms with E-state index in [0.717, 1.165) is 29.2 Å². The molecule has 0 fully saturated rings. The summed E-state index contributed by atoms with van der Waals surface area (Å²) in [4.78, 5) is 11.7. The van der Waals surface area contributed by atoms with Crippen molar-refractivity contribution >= 4 is 23.0 Å². The normalized spacial score (nSPS) is 12.1. The van der Waals surface area contributed by atoms with Crippen molar-refractivity contribution in [1.82, 2.24) is 15.0 Å². The predicted molar refractivity (Wildman–Crippen MR) is 112 cm³/mol. The quantitative estimate of drug-likeness (QED) is 0.331. The molecule has 0 aliphatic rings. The Bertz CT molecular complexity index is 1240. The average Bonchev–Trinajstić information content (AvgIpc) is 3.25. The number of alkyl halides is 5. The number of nitrogens with one attached hydrogen (secondary N) is 1. The molecular formula is C22H15F5N4S. The van der Waals surface area contributed by atoms with Crippen molar-refractivity contribution in [2.45, 2.75) is 19.0 Å². The standard InChI is InChI=1S/C22H15F5N4S/c1-13-9-14(11-16(10-13)30-20-28-8-7-18(31-20)22(25,26)27)17-12-29-19(32-17)21(23,24)15-5-3-2-4-6-15/h2-12H,1H3,(H,28,30,31). The molecule has 2 aromatic carbocycles. The molecule has 4 nitrogen and oxygen atoms in total. The van der Waals surface area contributed by atoms with Gasteiger partial charge in [0.15, 0.2) is 5.01 Å². The lowest BCUT2D eigenvalue weighted by atomic mass is 10.1. The highest BCUT2D eigenvalue weighted by Gasteiger charge is 2.37. The van der Waals surface area contributed by atoms with Gasteiger partial charge in [0.1, 0.15) is 5.69 Å². The minimum Gasteiger partial charge on any atom is -0.324 e. The number of hydrogen-bond donors (Lipinski definition) is 1. The van der Waals surface area contributed by atoms with E-state index in [9.17, 15) is 22.0 Å². The first kappa shape index (κ1) is 21.8. The van der Waals surface area contributed by atoms with Crippen LogP contribution in [0.1, 0.15) is 21.8 Å². The van der Waals surface area contributed by atoms with Crippen LogP contribution in [-0.4, -0.2) is 15.0 Å². The zero-order valence-corrected chi connectivity index (χ0v) is 17.3. The maximum absolute atomic E-state index is 14.8. The zero-order valence-electron chi connectivity index (χ0n) is 16.5. The zero-order chi connectivity index (χ0) is 22.9. The summed E-state index contributed by atoms with van der Waals surface area (Å²) in [6, 6.07) is 13.3. The third-order valence-corrected chi connectivity index (χ3v) is 5.59. The molecule has 2 aromatic heterocycles. The van der Waals surface area contributed by atoms with Crippen molar-refractivity contribution < 1.29 is 22.0 Å². The van der Waals surface area contributed by atoms with Gasteiger partial charge in [0.2, 0.25) is 5.95 Å². The summed E-state index contributed by atoms with van der Waals surface area (Å²) in [6.07, 6.45) is -2.23. The van der Waals surface area contributed by atoms with E-state index in [1.807, 2.05) is 0 Å². The van der Waals surface area contributed by atoms with Crippen LogP contribution in [0, 0.1) is 6.92 Å². The fraction of sp³-hybridized carbons (Fsp3) is 0.136. The Morgan fingerprint density at radius 3 is 2.38 bits per heavy atom. The van der Waals surface area contributed by atoms with E-state index in [1.54, 1.807) is 31.2 Å². The number of benzene rings is 2. The number of halogens is 5. The van der Waals surface area contributed by atoms with E-state index in [4.69, 9.17) is 0 Å². The van der Waals surface area contributed by atoms with Gasteiger partial charge < -0.3 is 5.32 Å². The number of nitrogens with zero attached hydrogens (tertiary/aromatic N) is 3. The van der Waals surface area contributed by atoms with Gasteiger partial charge in [0.05, 0.1) is 4.88 Å². The minimum atomic E-state index is -4.60. The maximum atomic E-state index is 14.8. The van der Waals surface area contributed by atoms with Crippen molar-refractivity contribution in [3.8, 4) is 10.4 Å².